The van der Waals surface area contributed by atoms with Crippen molar-refractivity contribution in [2.45, 2.75) is 6.42 Å². The molecule has 20 heavy (non-hydrogen) atoms. The molecule has 1 aromatic rings. The average molecular weight is 283 g/mol. The maximum atomic E-state index is 11.9. The van der Waals surface area contributed by atoms with Gasteiger partial charge in [-0.25, -0.2) is 0 Å². The van der Waals surface area contributed by atoms with Gasteiger partial charge in [-0.15, -0.1) is 0 Å². The summed E-state index contributed by atoms with van der Waals surface area (Å²) < 4.78 is 15.4. The summed E-state index contributed by atoms with van der Waals surface area (Å²) in [6.07, 6.45) is 0.693. The van der Waals surface area contributed by atoms with Gasteiger partial charge in [0, 0.05) is 18.7 Å². The zero-order chi connectivity index (χ0) is 14.8. The van der Waals surface area contributed by atoms with Gasteiger partial charge in [0.05, 0.1) is 27.4 Å². The first kappa shape index (κ1) is 16.3. The molecular formula is C14H21NO5. The van der Waals surface area contributed by atoms with Gasteiger partial charge in [0.1, 0.15) is 0 Å². The minimum absolute atomic E-state index is 0.0119. The molecule has 1 amide bonds. The van der Waals surface area contributed by atoms with Crippen LogP contribution in [0.15, 0.2) is 18.2 Å². The monoisotopic (exact) mass is 283 g/mol. The fourth-order valence-electron chi connectivity index (χ4n) is 1.62. The summed E-state index contributed by atoms with van der Waals surface area (Å²) in [5.74, 6) is 0.931. The van der Waals surface area contributed by atoms with E-state index in [0.29, 0.717) is 43.2 Å². The number of ether oxygens (including phenoxy) is 3. The Bertz CT molecular complexity index is 422. The zero-order valence-electron chi connectivity index (χ0n) is 11.8. The fourth-order valence-corrected chi connectivity index (χ4v) is 1.62. The van der Waals surface area contributed by atoms with Gasteiger partial charge in [-0.2, -0.15) is 0 Å². The van der Waals surface area contributed by atoms with Crippen molar-refractivity contribution >= 4 is 5.91 Å². The van der Waals surface area contributed by atoms with Crippen LogP contribution in [0.3, 0.4) is 0 Å². The van der Waals surface area contributed by atoms with Crippen LogP contribution < -0.4 is 14.8 Å². The van der Waals surface area contributed by atoms with Gasteiger partial charge in [-0.1, -0.05) is 0 Å². The Kier molecular flexibility index (Phi) is 7.46. The van der Waals surface area contributed by atoms with Gasteiger partial charge in [-0.3, -0.25) is 4.79 Å². The van der Waals surface area contributed by atoms with E-state index in [1.807, 2.05) is 0 Å². The van der Waals surface area contributed by atoms with Crippen LogP contribution in [0.2, 0.25) is 0 Å². The third-order valence-electron chi connectivity index (χ3n) is 2.63. The van der Waals surface area contributed by atoms with E-state index in [1.54, 1.807) is 25.3 Å². The summed E-state index contributed by atoms with van der Waals surface area (Å²) in [5.41, 5.74) is 0.513. The first-order valence-corrected chi connectivity index (χ1v) is 6.41. The fraction of sp³-hybridized carbons (Fsp3) is 0.500. The quantitative estimate of drug-likeness (QED) is 0.657. The van der Waals surface area contributed by atoms with Crippen molar-refractivity contribution in [2.75, 3.05) is 40.6 Å². The Morgan fingerprint density at radius 2 is 1.95 bits per heavy atom. The van der Waals surface area contributed by atoms with Crippen molar-refractivity contribution in [3.8, 4) is 11.5 Å². The van der Waals surface area contributed by atoms with Crippen molar-refractivity contribution in [2.24, 2.45) is 0 Å². The number of amides is 1. The summed E-state index contributed by atoms with van der Waals surface area (Å²) in [4.78, 5) is 11.9. The van der Waals surface area contributed by atoms with E-state index in [2.05, 4.69) is 5.32 Å². The second-order valence-electron chi connectivity index (χ2n) is 4.02. The number of rotatable bonds is 9. The van der Waals surface area contributed by atoms with E-state index in [-0.39, 0.29) is 12.5 Å². The van der Waals surface area contributed by atoms with E-state index in [1.165, 1.54) is 7.11 Å². The molecule has 6 nitrogen and oxygen atoms in total. The van der Waals surface area contributed by atoms with E-state index < -0.39 is 0 Å². The van der Waals surface area contributed by atoms with E-state index >= 15 is 0 Å². The highest BCUT2D eigenvalue weighted by molar-refractivity contribution is 5.94. The van der Waals surface area contributed by atoms with E-state index in [4.69, 9.17) is 19.3 Å². The second-order valence-corrected chi connectivity index (χ2v) is 4.02. The summed E-state index contributed by atoms with van der Waals surface area (Å²) >= 11 is 0. The number of benzene rings is 1. The smallest absolute Gasteiger partial charge is 0.251 e. The number of nitrogens with one attached hydrogen (secondary N) is 1. The van der Waals surface area contributed by atoms with Crippen molar-refractivity contribution in [3.05, 3.63) is 23.8 Å². The molecule has 0 aliphatic carbocycles. The Morgan fingerprint density at radius 1 is 1.20 bits per heavy atom. The molecule has 6 heteroatoms. The Hall–Kier alpha value is -1.79. The van der Waals surface area contributed by atoms with Crippen LogP contribution in [-0.4, -0.2) is 51.6 Å². The standard InChI is InChI=1S/C14H21NO5/c1-18-12-5-4-11(10-13(12)19-2)14(17)15-6-3-8-20-9-7-16/h4-5,10,16H,3,6-9H2,1-2H3,(H,15,17). The highest BCUT2D eigenvalue weighted by atomic mass is 16.5. The van der Waals surface area contributed by atoms with Crippen LogP contribution >= 0.6 is 0 Å². The lowest BCUT2D eigenvalue weighted by Gasteiger charge is -2.10. The molecule has 0 aliphatic heterocycles. The normalized spacial score (nSPS) is 10.2. The molecule has 0 radical (unpaired) electrons. The third-order valence-corrected chi connectivity index (χ3v) is 2.63. The first-order valence-electron chi connectivity index (χ1n) is 6.41. The maximum Gasteiger partial charge on any atom is 0.251 e. The lowest BCUT2D eigenvalue weighted by molar-refractivity contribution is 0.0867. The van der Waals surface area contributed by atoms with Crippen molar-refractivity contribution in [1.29, 1.82) is 0 Å². The summed E-state index contributed by atoms with van der Waals surface area (Å²) in [6.45, 7) is 1.35. The molecule has 0 unspecified atom stereocenters. The summed E-state index contributed by atoms with van der Waals surface area (Å²) in [6, 6.07) is 5.01. The molecule has 0 saturated heterocycles. The molecule has 0 fully saturated rings. The Balaban J connectivity index is 2.43. The Labute approximate surface area is 118 Å². The number of aliphatic hydroxyl groups excluding tert-OH is 1. The third kappa shape index (κ3) is 5.07. The van der Waals surface area contributed by atoms with Crippen molar-refractivity contribution in [3.63, 3.8) is 0 Å². The highest BCUT2D eigenvalue weighted by Gasteiger charge is 2.09. The number of aliphatic hydroxyl groups is 1. The molecule has 0 bridgehead atoms. The van der Waals surface area contributed by atoms with Gasteiger partial charge in [0.25, 0.3) is 5.91 Å². The van der Waals surface area contributed by atoms with Gasteiger partial charge in [0.15, 0.2) is 11.5 Å². The second kappa shape index (κ2) is 9.17. The maximum absolute atomic E-state index is 11.9. The summed E-state index contributed by atoms with van der Waals surface area (Å²) in [7, 11) is 3.07. The molecule has 2 N–H and O–H groups in total. The van der Waals surface area contributed by atoms with Gasteiger partial charge in [0.2, 0.25) is 0 Å². The van der Waals surface area contributed by atoms with Crippen LogP contribution in [0.1, 0.15) is 16.8 Å². The van der Waals surface area contributed by atoms with Gasteiger partial charge in [-0.05, 0) is 24.6 Å². The van der Waals surface area contributed by atoms with Crippen molar-refractivity contribution in [1.82, 2.24) is 5.32 Å². The SMILES string of the molecule is COc1ccc(C(=O)NCCCOCCO)cc1OC. The number of hydrogen-bond acceptors (Lipinski definition) is 5. The highest BCUT2D eigenvalue weighted by Crippen LogP contribution is 2.27. The predicted molar refractivity (Wildman–Crippen MR) is 74.4 cm³/mol. The first-order chi connectivity index (χ1) is 9.72. The topological polar surface area (TPSA) is 77.0 Å². The molecule has 112 valence electrons. The molecular weight excluding hydrogens is 262 g/mol. The predicted octanol–water partition coefficient (Wildman–Crippen LogP) is 0.833. The minimum atomic E-state index is -0.173. The Morgan fingerprint density at radius 3 is 2.60 bits per heavy atom. The van der Waals surface area contributed by atoms with Crippen molar-refractivity contribution < 1.29 is 24.1 Å². The number of carbonyl (C=O) groups excluding carboxylic acids is 1. The molecule has 1 rings (SSSR count). The number of carbonyl (C=O) groups is 1. The van der Waals surface area contributed by atoms with Crippen LogP contribution in [0.4, 0.5) is 0 Å². The average Bonchev–Trinajstić information content (AvgIpc) is 2.49. The van der Waals surface area contributed by atoms with Crippen LogP contribution in [0, 0.1) is 0 Å². The lowest BCUT2D eigenvalue weighted by Crippen LogP contribution is -2.25. The van der Waals surface area contributed by atoms with Crippen LogP contribution in [0.25, 0.3) is 0 Å². The molecule has 0 atom stereocenters. The molecule has 0 aromatic heterocycles. The van der Waals surface area contributed by atoms with Crippen LogP contribution in [-0.2, 0) is 4.74 Å². The van der Waals surface area contributed by atoms with Gasteiger partial charge < -0.3 is 24.6 Å². The number of methoxy groups -OCH3 is 2. The largest absolute Gasteiger partial charge is 0.493 e. The minimum Gasteiger partial charge on any atom is -0.493 e. The lowest BCUT2D eigenvalue weighted by atomic mass is 10.2. The molecule has 0 aliphatic rings. The molecule has 0 heterocycles. The molecule has 1 aromatic carbocycles. The number of hydrogen-bond donors (Lipinski definition) is 2. The van der Waals surface area contributed by atoms with E-state index in [9.17, 15) is 4.79 Å². The van der Waals surface area contributed by atoms with Gasteiger partial charge >= 0.3 is 0 Å². The van der Waals surface area contributed by atoms with E-state index in [0.717, 1.165) is 0 Å². The molecule has 0 saturated carbocycles. The van der Waals surface area contributed by atoms with Crippen LogP contribution in [0.5, 0.6) is 11.5 Å². The summed E-state index contributed by atoms with van der Waals surface area (Å²) in [5, 5.41) is 11.3. The zero-order valence-corrected chi connectivity index (χ0v) is 11.8. The molecule has 0 spiro atoms.